The number of ether oxygens (including phenoxy) is 2. The molecule has 2 atom stereocenters. The average Bonchev–Trinajstić information content (AvgIpc) is 3.01. The number of aromatic hydroxyl groups is 1. The Morgan fingerprint density at radius 3 is 3.00 bits per heavy atom. The van der Waals surface area contributed by atoms with Gasteiger partial charge in [-0.05, 0) is 38.3 Å². The number of benzene rings is 1. The fourth-order valence-corrected chi connectivity index (χ4v) is 2.70. The highest BCUT2D eigenvalue weighted by atomic mass is 16.5. The molecular formula is C17H27NO3. The van der Waals surface area contributed by atoms with Crippen molar-refractivity contribution in [2.75, 3.05) is 26.4 Å². The van der Waals surface area contributed by atoms with Gasteiger partial charge in [-0.25, -0.2) is 0 Å². The van der Waals surface area contributed by atoms with E-state index in [4.69, 9.17) is 9.47 Å². The maximum Gasteiger partial charge on any atom is 0.120 e. The van der Waals surface area contributed by atoms with Crippen LogP contribution in [0.5, 0.6) is 5.75 Å². The van der Waals surface area contributed by atoms with E-state index in [0.717, 1.165) is 57.6 Å². The average molecular weight is 293 g/mol. The Labute approximate surface area is 127 Å². The SMILES string of the molecule is CCC(NCCCOCC1CCCO1)c1ccccc1O. The van der Waals surface area contributed by atoms with Gasteiger partial charge in [-0.1, -0.05) is 25.1 Å². The lowest BCUT2D eigenvalue weighted by atomic mass is 10.0. The van der Waals surface area contributed by atoms with Gasteiger partial charge in [0.15, 0.2) is 0 Å². The number of para-hydroxylation sites is 1. The smallest absolute Gasteiger partial charge is 0.120 e. The predicted molar refractivity (Wildman–Crippen MR) is 83.6 cm³/mol. The van der Waals surface area contributed by atoms with Crippen LogP contribution in [0.3, 0.4) is 0 Å². The molecule has 0 amide bonds. The Kier molecular flexibility index (Phi) is 7.00. The van der Waals surface area contributed by atoms with Crippen molar-refractivity contribution in [3.05, 3.63) is 29.8 Å². The monoisotopic (exact) mass is 293 g/mol. The summed E-state index contributed by atoms with van der Waals surface area (Å²) in [6.45, 7) is 5.37. The Hall–Kier alpha value is -1.10. The lowest BCUT2D eigenvalue weighted by Gasteiger charge is -2.18. The largest absolute Gasteiger partial charge is 0.508 e. The van der Waals surface area contributed by atoms with E-state index in [0.29, 0.717) is 11.9 Å². The minimum atomic E-state index is 0.198. The molecule has 1 aromatic rings. The van der Waals surface area contributed by atoms with Crippen LogP contribution in [-0.2, 0) is 9.47 Å². The molecule has 0 spiro atoms. The topological polar surface area (TPSA) is 50.7 Å². The van der Waals surface area contributed by atoms with Crippen molar-refractivity contribution in [2.45, 2.75) is 44.8 Å². The molecule has 1 saturated heterocycles. The molecule has 2 unspecified atom stereocenters. The molecule has 0 bridgehead atoms. The first-order valence-corrected chi connectivity index (χ1v) is 8.02. The molecule has 0 aromatic heterocycles. The summed E-state index contributed by atoms with van der Waals surface area (Å²) >= 11 is 0. The van der Waals surface area contributed by atoms with E-state index in [-0.39, 0.29) is 6.04 Å². The summed E-state index contributed by atoms with van der Waals surface area (Å²) in [4.78, 5) is 0. The summed E-state index contributed by atoms with van der Waals surface area (Å²) < 4.78 is 11.2. The molecule has 1 aromatic carbocycles. The first kappa shape index (κ1) is 16.3. The van der Waals surface area contributed by atoms with Crippen LogP contribution in [0, 0.1) is 0 Å². The third kappa shape index (κ3) is 5.30. The van der Waals surface area contributed by atoms with Crippen molar-refractivity contribution < 1.29 is 14.6 Å². The molecule has 1 aliphatic heterocycles. The van der Waals surface area contributed by atoms with E-state index >= 15 is 0 Å². The molecule has 0 saturated carbocycles. The maximum absolute atomic E-state index is 9.90. The van der Waals surface area contributed by atoms with Crippen LogP contribution in [0.1, 0.15) is 44.2 Å². The van der Waals surface area contributed by atoms with Crippen molar-refractivity contribution in [3.8, 4) is 5.75 Å². The highest BCUT2D eigenvalue weighted by molar-refractivity contribution is 5.34. The van der Waals surface area contributed by atoms with E-state index in [2.05, 4.69) is 12.2 Å². The van der Waals surface area contributed by atoms with E-state index in [1.807, 2.05) is 18.2 Å². The van der Waals surface area contributed by atoms with Crippen LogP contribution < -0.4 is 5.32 Å². The molecule has 4 heteroatoms. The molecule has 1 fully saturated rings. The van der Waals surface area contributed by atoms with Crippen LogP contribution in [0.4, 0.5) is 0 Å². The predicted octanol–water partition coefficient (Wildman–Crippen LogP) is 3.02. The van der Waals surface area contributed by atoms with Gasteiger partial charge in [0.1, 0.15) is 5.75 Å². The minimum Gasteiger partial charge on any atom is -0.508 e. The van der Waals surface area contributed by atoms with Crippen LogP contribution in [0.25, 0.3) is 0 Å². The highest BCUT2D eigenvalue weighted by Gasteiger charge is 2.15. The second kappa shape index (κ2) is 9.03. The fraction of sp³-hybridized carbons (Fsp3) is 0.647. The van der Waals surface area contributed by atoms with Crippen LogP contribution >= 0.6 is 0 Å². The summed E-state index contributed by atoms with van der Waals surface area (Å²) in [5.41, 5.74) is 0.972. The summed E-state index contributed by atoms with van der Waals surface area (Å²) in [7, 11) is 0. The normalized spacial score (nSPS) is 19.8. The summed E-state index contributed by atoms with van der Waals surface area (Å²) in [6.07, 6.45) is 4.52. The third-order valence-corrected chi connectivity index (χ3v) is 3.90. The van der Waals surface area contributed by atoms with Crippen LogP contribution in [0.15, 0.2) is 24.3 Å². The Balaban J connectivity index is 1.61. The minimum absolute atomic E-state index is 0.198. The van der Waals surface area contributed by atoms with Gasteiger partial charge in [0.25, 0.3) is 0 Å². The summed E-state index contributed by atoms with van der Waals surface area (Å²) in [5, 5.41) is 13.4. The zero-order valence-electron chi connectivity index (χ0n) is 12.9. The van der Waals surface area contributed by atoms with E-state index in [1.54, 1.807) is 6.07 Å². The number of hydrogen-bond donors (Lipinski definition) is 2. The third-order valence-electron chi connectivity index (χ3n) is 3.90. The fourth-order valence-electron chi connectivity index (χ4n) is 2.70. The Morgan fingerprint density at radius 1 is 1.43 bits per heavy atom. The highest BCUT2D eigenvalue weighted by Crippen LogP contribution is 2.25. The second-order valence-electron chi connectivity index (χ2n) is 5.54. The first-order chi connectivity index (χ1) is 10.3. The van der Waals surface area contributed by atoms with Gasteiger partial charge in [0, 0.05) is 24.8 Å². The molecule has 0 radical (unpaired) electrons. The quantitative estimate of drug-likeness (QED) is 0.687. The van der Waals surface area contributed by atoms with Gasteiger partial charge in [0.05, 0.1) is 12.7 Å². The Morgan fingerprint density at radius 2 is 2.29 bits per heavy atom. The maximum atomic E-state index is 9.90. The summed E-state index contributed by atoms with van der Waals surface area (Å²) in [6, 6.07) is 7.73. The standard InChI is InChI=1S/C17H27NO3/c1-2-16(15-8-3-4-9-17(15)19)18-10-6-11-20-13-14-7-5-12-21-14/h3-4,8-9,14,16,18-19H,2,5-7,10-13H2,1H3. The molecule has 0 aliphatic carbocycles. The van der Waals surface area contributed by atoms with Crippen LogP contribution in [0.2, 0.25) is 0 Å². The molecule has 2 rings (SSSR count). The molecule has 4 nitrogen and oxygen atoms in total. The van der Waals surface area contributed by atoms with Crippen LogP contribution in [-0.4, -0.2) is 37.6 Å². The van der Waals surface area contributed by atoms with Gasteiger partial charge < -0.3 is 19.9 Å². The molecule has 118 valence electrons. The van der Waals surface area contributed by atoms with Gasteiger partial charge in [-0.2, -0.15) is 0 Å². The lowest BCUT2D eigenvalue weighted by molar-refractivity contribution is 0.0165. The van der Waals surface area contributed by atoms with Crippen molar-refractivity contribution in [1.82, 2.24) is 5.32 Å². The van der Waals surface area contributed by atoms with Gasteiger partial charge >= 0.3 is 0 Å². The first-order valence-electron chi connectivity index (χ1n) is 8.02. The number of phenols is 1. The number of rotatable bonds is 9. The van der Waals surface area contributed by atoms with Crippen molar-refractivity contribution >= 4 is 0 Å². The zero-order valence-corrected chi connectivity index (χ0v) is 12.9. The van der Waals surface area contributed by atoms with Crippen molar-refractivity contribution in [1.29, 1.82) is 0 Å². The number of phenolic OH excluding ortho intramolecular Hbond substituents is 1. The van der Waals surface area contributed by atoms with E-state index in [9.17, 15) is 5.11 Å². The second-order valence-corrected chi connectivity index (χ2v) is 5.54. The molecule has 1 aliphatic rings. The number of nitrogens with one attached hydrogen (secondary N) is 1. The number of hydrogen-bond acceptors (Lipinski definition) is 4. The van der Waals surface area contributed by atoms with Crippen molar-refractivity contribution in [3.63, 3.8) is 0 Å². The molecule has 2 N–H and O–H groups in total. The molecular weight excluding hydrogens is 266 g/mol. The van der Waals surface area contributed by atoms with E-state index < -0.39 is 0 Å². The van der Waals surface area contributed by atoms with E-state index in [1.165, 1.54) is 0 Å². The van der Waals surface area contributed by atoms with Gasteiger partial charge in [-0.15, -0.1) is 0 Å². The van der Waals surface area contributed by atoms with Crippen molar-refractivity contribution in [2.24, 2.45) is 0 Å². The van der Waals surface area contributed by atoms with Gasteiger partial charge in [0.2, 0.25) is 0 Å². The van der Waals surface area contributed by atoms with Gasteiger partial charge in [-0.3, -0.25) is 0 Å². The lowest BCUT2D eigenvalue weighted by Crippen LogP contribution is -2.23. The Bertz CT molecular complexity index is 405. The summed E-state index contributed by atoms with van der Waals surface area (Å²) in [5.74, 6) is 0.367. The molecule has 21 heavy (non-hydrogen) atoms. The zero-order chi connectivity index (χ0) is 14.9. The molecule has 1 heterocycles.